The van der Waals surface area contributed by atoms with Crippen molar-refractivity contribution in [3.8, 4) is 5.82 Å². The molecule has 6 nitrogen and oxygen atoms in total. The minimum atomic E-state index is -0.0392. The van der Waals surface area contributed by atoms with Gasteiger partial charge in [0.1, 0.15) is 5.69 Å². The van der Waals surface area contributed by atoms with Gasteiger partial charge in [0, 0.05) is 43.8 Å². The lowest BCUT2D eigenvalue weighted by Crippen LogP contribution is -2.25. The van der Waals surface area contributed by atoms with Crippen molar-refractivity contribution in [2.45, 2.75) is 46.5 Å². The van der Waals surface area contributed by atoms with Gasteiger partial charge >= 0.3 is 0 Å². The number of rotatable bonds is 9. The van der Waals surface area contributed by atoms with Gasteiger partial charge < -0.3 is 9.88 Å². The first kappa shape index (κ1) is 24.8. The molecule has 1 unspecified atom stereocenters. The fraction of sp³-hybridized carbons (Fsp3) is 0.323. The van der Waals surface area contributed by atoms with E-state index in [4.69, 9.17) is 4.98 Å². The molecule has 0 spiro atoms. The molecule has 0 saturated carbocycles. The van der Waals surface area contributed by atoms with Crippen LogP contribution in [0.2, 0.25) is 0 Å². The third kappa shape index (κ3) is 5.29. The topological polar surface area (TPSA) is 66.8 Å². The van der Waals surface area contributed by atoms with E-state index in [-0.39, 0.29) is 5.56 Å². The third-order valence-electron chi connectivity index (χ3n) is 7.36. The lowest BCUT2D eigenvalue weighted by Gasteiger charge is -2.30. The molecule has 0 fully saturated rings. The average molecular weight is 494 g/mol. The van der Waals surface area contributed by atoms with Crippen molar-refractivity contribution in [2.75, 3.05) is 13.1 Å². The molecule has 37 heavy (non-hydrogen) atoms. The summed E-state index contributed by atoms with van der Waals surface area (Å²) in [5.41, 5.74) is 7.40. The molecule has 1 N–H and O–H groups in total. The van der Waals surface area contributed by atoms with Crippen molar-refractivity contribution in [1.82, 2.24) is 24.4 Å². The molecule has 0 bridgehead atoms. The maximum Gasteiger partial charge on any atom is 0.278 e. The van der Waals surface area contributed by atoms with Crippen molar-refractivity contribution >= 4 is 5.57 Å². The molecule has 0 saturated heterocycles. The average Bonchev–Trinajstić information content (AvgIpc) is 3.24. The summed E-state index contributed by atoms with van der Waals surface area (Å²) in [4.78, 5) is 28.6. The van der Waals surface area contributed by atoms with Crippen molar-refractivity contribution in [3.63, 3.8) is 0 Å². The van der Waals surface area contributed by atoms with E-state index < -0.39 is 0 Å². The second kappa shape index (κ2) is 11.0. The third-order valence-corrected chi connectivity index (χ3v) is 7.36. The van der Waals surface area contributed by atoms with E-state index in [0.717, 1.165) is 55.1 Å². The number of hydrogen-bond acceptors (Lipinski definition) is 4. The van der Waals surface area contributed by atoms with Crippen LogP contribution in [0.5, 0.6) is 0 Å². The Morgan fingerprint density at radius 1 is 1.00 bits per heavy atom. The van der Waals surface area contributed by atoms with E-state index in [9.17, 15) is 4.79 Å². The number of fused-ring (bicyclic) bond motifs is 1. The van der Waals surface area contributed by atoms with Gasteiger partial charge in [-0.2, -0.15) is 0 Å². The van der Waals surface area contributed by atoms with Gasteiger partial charge in [0.25, 0.3) is 5.56 Å². The first-order valence-corrected chi connectivity index (χ1v) is 13.3. The van der Waals surface area contributed by atoms with E-state index >= 15 is 0 Å². The first-order valence-electron chi connectivity index (χ1n) is 13.3. The van der Waals surface area contributed by atoms with Gasteiger partial charge in [-0.15, -0.1) is 0 Å². The molecule has 5 rings (SSSR count). The van der Waals surface area contributed by atoms with Crippen LogP contribution in [0.15, 0.2) is 83.7 Å². The van der Waals surface area contributed by atoms with E-state index in [1.807, 2.05) is 61.1 Å². The van der Waals surface area contributed by atoms with Crippen LogP contribution in [0.1, 0.15) is 55.4 Å². The Balaban J connectivity index is 1.56. The standard InChI is InChI=1S/C31H35N5O/c1-4-35(5-2)25-12-13-26(22(3)19-25)29-21-36-30(27(33-29)14-11-23-15-17-32-18-16-23)34-28(31(36)37)20-24-9-7-6-8-10-24/h6-10,12-13,15-18,21-22,33H,4-5,11,14,19-20H2,1-3H3. The largest absolute Gasteiger partial charge is 0.375 e. The molecular weight excluding hydrogens is 458 g/mol. The minimum absolute atomic E-state index is 0.0392. The molecule has 1 aliphatic carbocycles. The summed E-state index contributed by atoms with van der Waals surface area (Å²) in [5, 5.41) is 0. The summed E-state index contributed by atoms with van der Waals surface area (Å²) in [6, 6.07) is 14.1. The van der Waals surface area contributed by atoms with Gasteiger partial charge in [-0.1, -0.05) is 43.3 Å². The number of nitrogens with one attached hydrogen (secondary N) is 1. The summed E-state index contributed by atoms with van der Waals surface area (Å²) in [6.45, 7) is 8.69. The summed E-state index contributed by atoms with van der Waals surface area (Å²) in [5.74, 6) is 1.06. The first-order chi connectivity index (χ1) is 18.1. The fourth-order valence-electron chi connectivity index (χ4n) is 5.28. The van der Waals surface area contributed by atoms with E-state index in [1.54, 1.807) is 4.57 Å². The van der Waals surface area contributed by atoms with E-state index in [0.29, 0.717) is 18.0 Å². The predicted octanol–water partition coefficient (Wildman–Crippen LogP) is 5.42. The SMILES string of the molecule is CCN(CC)C1=CC=C(c2cn3c(=O)c(Cc4ccccc4)nc-3c(CCc3ccncc3)[nH]2)C(C)C1. The normalized spacial score (nSPS) is 15.5. The van der Waals surface area contributed by atoms with Gasteiger partial charge in [-0.05, 0) is 73.9 Å². The lowest BCUT2D eigenvalue weighted by molar-refractivity contribution is 0.358. The Kier molecular flexibility index (Phi) is 7.35. The fourth-order valence-corrected chi connectivity index (χ4v) is 5.28. The van der Waals surface area contributed by atoms with Crippen LogP contribution in [0.4, 0.5) is 0 Å². The maximum absolute atomic E-state index is 13.5. The Morgan fingerprint density at radius 2 is 1.76 bits per heavy atom. The zero-order chi connectivity index (χ0) is 25.8. The number of nitrogens with zero attached hydrogens (tertiary/aromatic N) is 4. The Morgan fingerprint density at radius 3 is 2.46 bits per heavy atom. The van der Waals surface area contributed by atoms with Gasteiger partial charge in [-0.25, -0.2) is 4.98 Å². The zero-order valence-corrected chi connectivity index (χ0v) is 21.9. The molecule has 6 heteroatoms. The van der Waals surface area contributed by atoms with Crippen molar-refractivity contribution in [3.05, 3.63) is 117 Å². The number of benzene rings is 1. The Labute approximate surface area is 218 Å². The molecule has 2 aromatic rings. The minimum Gasteiger partial charge on any atom is -0.375 e. The lowest BCUT2D eigenvalue weighted by atomic mass is 9.88. The van der Waals surface area contributed by atoms with Gasteiger partial charge in [0.15, 0.2) is 5.82 Å². The second-order valence-electron chi connectivity index (χ2n) is 9.78. The summed E-state index contributed by atoms with van der Waals surface area (Å²) < 4.78 is 1.75. The highest BCUT2D eigenvalue weighted by Crippen LogP contribution is 2.33. The molecule has 3 aliphatic rings. The number of hydrogen-bond donors (Lipinski definition) is 1. The van der Waals surface area contributed by atoms with Gasteiger partial charge in [-0.3, -0.25) is 14.3 Å². The highest BCUT2D eigenvalue weighted by molar-refractivity contribution is 5.68. The Hall–Kier alpha value is -3.93. The molecule has 0 radical (unpaired) electrons. The monoisotopic (exact) mass is 493 g/mol. The molecule has 190 valence electrons. The quantitative estimate of drug-likeness (QED) is 0.338. The summed E-state index contributed by atoms with van der Waals surface area (Å²) in [6.07, 6.45) is 13.2. The molecule has 1 atom stereocenters. The second-order valence-corrected chi connectivity index (χ2v) is 9.78. The molecule has 3 heterocycles. The van der Waals surface area contributed by atoms with Crippen molar-refractivity contribution in [1.29, 1.82) is 0 Å². The zero-order valence-electron chi connectivity index (χ0n) is 21.9. The van der Waals surface area contributed by atoms with Crippen LogP contribution in [-0.2, 0) is 19.3 Å². The van der Waals surface area contributed by atoms with Crippen LogP contribution in [0.25, 0.3) is 11.4 Å². The number of allylic oxidation sites excluding steroid dienone is 4. The van der Waals surface area contributed by atoms with Gasteiger partial charge in [0.2, 0.25) is 0 Å². The number of imidazole rings is 1. The number of aryl methyl sites for hydroxylation is 2. The summed E-state index contributed by atoms with van der Waals surface area (Å²) >= 11 is 0. The highest BCUT2D eigenvalue weighted by Gasteiger charge is 2.24. The van der Waals surface area contributed by atoms with Gasteiger partial charge in [0.05, 0.1) is 11.4 Å². The molecule has 1 aromatic heterocycles. The van der Waals surface area contributed by atoms with E-state index in [1.165, 1.54) is 16.8 Å². The van der Waals surface area contributed by atoms with Crippen LogP contribution >= 0.6 is 0 Å². The smallest absolute Gasteiger partial charge is 0.278 e. The van der Waals surface area contributed by atoms with E-state index in [2.05, 4.69) is 47.8 Å². The maximum atomic E-state index is 13.5. The van der Waals surface area contributed by atoms with Crippen LogP contribution in [0, 0.1) is 5.92 Å². The van der Waals surface area contributed by atoms with Crippen LogP contribution in [0.3, 0.4) is 0 Å². The van der Waals surface area contributed by atoms with Crippen molar-refractivity contribution < 1.29 is 0 Å². The summed E-state index contributed by atoms with van der Waals surface area (Å²) in [7, 11) is 0. The van der Waals surface area contributed by atoms with Crippen LogP contribution < -0.4 is 5.56 Å². The predicted molar refractivity (Wildman–Crippen MR) is 149 cm³/mol. The Bertz CT molecular complexity index is 1430. The van der Waals surface area contributed by atoms with Crippen molar-refractivity contribution in [2.24, 2.45) is 5.92 Å². The number of aromatic nitrogens is 4. The molecule has 2 aliphatic heterocycles. The molecule has 0 amide bonds. The molecule has 1 aromatic carbocycles. The highest BCUT2D eigenvalue weighted by atomic mass is 16.1. The number of H-pyrrole nitrogens is 1. The van der Waals surface area contributed by atoms with Crippen LogP contribution in [-0.4, -0.2) is 37.5 Å². The molecular formula is C31H35N5O. The number of pyridine rings is 1. The number of aromatic amines is 1.